The molecular formula is C11H16N2. The first-order valence-electron chi connectivity index (χ1n) is 4.99. The van der Waals surface area contributed by atoms with Crippen LogP contribution in [0.15, 0.2) is 24.3 Å². The lowest BCUT2D eigenvalue weighted by molar-refractivity contribution is 0.760. The van der Waals surface area contributed by atoms with Crippen molar-refractivity contribution in [3.05, 3.63) is 24.3 Å². The third-order valence-corrected chi connectivity index (χ3v) is 2.44. The molecule has 1 aromatic carbocycles. The Labute approximate surface area is 79.6 Å². The summed E-state index contributed by atoms with van der Waals surface area (Å²) in [6.45, 7) is 5.59. The smallest absolute Gasteiger partial charge is 0.0602 e. The van der Waals surface area contributed by atoms with E-state index in [9.17, 15) is 0 Å². The van der Waals surface area contributed by atoms with Gasteiger partial charge >= 0.3 is 0 Å². The van der Waals surface area contributed by atoms with Gasteiger partial charge < -0.3 is 10.2 Å². The van der Waals surface area contributed by atoms with Gasteiger partial charge in [0.25, 0.3) is 0 Å². The summed E-state index contributed by atoms with van der Waals surface area (Å²) in [5.74, 6) is 0. The molecule has 1 aromatic rings. The highest BCUT2D eigenvalue weighted by atomic mass is 15.2. The van der Waals surface area contributed by atoms with Crippen LogP contribution in [0.3, 0.4) is 0 Å². The number of fused-ring (bicyclic) bond motifs is 1. The van der Waals surface area contributed by atoms with Crippen molar-refractivity contribution < 1.29 is 0 Å². The Hall–Kier alpha value is -1.18. The summed E-state index contributed by atoms with van der Waals surface area (Å²) in [4.78, 5) is 2.45. The minimum Gasteiger partial charge on any atom is -0.382 e. The van der Waals surface area contributed by atoms with Crippen molar-refractivity contribution in [3.63, 3.8) is 0 Å². The van der Waals surface area contributed by atoms with Crippen LogP contribution in [0.4, 0.5) is 11.4 Å². The monoisotopic (exact) mass is 176 g/mol. The van der Waals surface area contributed by atoms with Crippen LogP contribution in [0.25, 0.3) is 0 Å². The summed E-state index contributed by atoms with van der Waals surface area (Å²) in [6.07, 6.45) is 1.22. The summed E-state index contributed by atoms with van der Waals surface area (Å²) < 4.78 is 0. The lowest BCUT2D eigenvalue weighted by Crippen LogP contribution is -2.34. The van der Waals surface area contributed by atoms with Crippen molar-refractivity contribution in [1.82, 2.24) is 0 Å². The summed E-state index contributed by atoms with van der Waals surface area (Å²) in [7, 11) is 0. The normalized spacial score (nSPS) is 15.0. The van der Waals surface area contributed by atoms with Gasteiger partial charge in [-0.2, -0.15) is 0 Å². The molecule has 0 aliphatic carbocycles. The Morgan fingerprint density at radius 1 is 1.38 bits per heavy atom. The van der Waals surface area contributed by atoms with Gasteiger partial charge in [-0.1, -0.05) is 19.1 Å². The first-order chi connectivity index (χ1) is 6.42. The molecule has 0 saturated heterocycles. The second-order valence-electron chi connectivity index (χ2n) is 3.43. The SMILES string of the molecule is CCCN1CCNc2ccccc21. The third kappa shape index (κ3) is 1.62. The van der Waals surface area contributed by atoms with Crippen LogP contribution in [0.5, 0.6) is 0 Å². The Morgan fingerprint density at radius 2 is 2.23 bits per heavy atom. The average Bonchev–Trinajstić information content (AvgIpc) is 2.19. The van der Waals surface area contributed by atoms with Crippen molar-refractivity contribution in [2.75, 3.05) is 29.9 Å². The molecule has 13 heavy (non-hydrogen) atoms. The molecule has 1 N–H and O–H groups in total. The number of hydrogen-bond donors (Lipinski definition) is 1. The summed E-state index contributed by atoms with van der Waals surface area (Å²) in [6, 6.07) is 8.53. The van der Waals surface area contributed by atoms with E-state index in [2.05, 4.69) is 41.4 Å². The van der Waals surface area contributed by atoms with Crippen molar-refractivity contribution in [2.45, 2.75) is 13.3 Å². The van der Waals surface area contributed by atoms with Crippen molar-refractivity contribution in [1.29, 1.82) is 0 Å². The molecule has 0 saturated carbocycles. The van der Waals surface area contributed by atoms with E-state index in [1.165, 1.54) is 24.3 Å². The Kier molecular flexibility index (Phi) is 2.39. The van der Waals surface area contributed by atoms with Crippen LogP contribution in [0.2, 0.25) is 0 Å². The zero-order valence-corrected chi connectivity index (χ0v) is 8.09. The van der Waals surface area contributed by atoms with Gasteiger partial charge in [0.1, 0.15) is 0 Å². The molecule has 1 aliphatic rings. The van der Waals surface area contributed by atoms with E-state index in [4.69, 9.17) is 0 Å². The maximum Gasteiger partial charge on any atom is 0.0602 e. The van der Waals surface area contributed by atoms with Crippen molar-refractivity contribution in [3.8, 4) is 0 Å². The quantitative estimate of drug-likeness (QED) is 0.744. The highest BCUT2D eigenvalue weighted by Crippen LogP contribution is 2.27. The molecular weight excluding hydrogens is 160 g/mol. The third-order valence-electron chi connectivity index (χ3n) is 2.44. The van der Waals surface area contributed by atoms with E-state index in [0.717, 1.165) is 13.1 Å². The van der Waals surface area contributed by atoms with Crippen LogP contribution < -0.4 is 10.2 Å². The molecule has 0 aromatic heterocycles. The van der Waals surface area contributed by atoms with Gasteiger partial charge in [0.2, 0.25) is 0 Å². The maximum atomic E-state index is 3.41. The van der Waals surface area contributed by atoms with E-state index in [-0.39, 0.29) is 0 Å². The standard InChI is InChI=1S/C11H16N2/c1-2-8-13-9-7-12-10-5-3-4-6-11(10)13/h3-6,12H,2,7-9H2,1H3. The molecule has 2 heteroatoms. The van der Waals surface area contributed by atoms with Crippen LogP contribution in [0.1, 0.15) is 13.3 Å². The summed E-state index contributed by atoms with van der Waals surface area (Å²) in [5.41, 5.74) is 2.64. The molecule has 0 spiro atoms. The predicted molar refractivity (Wildman–Crippen MR) is 57.4 cm³/mol. The van der Waals surface area contributed by atoms with E-state index < -0.39 is 0 Å². The fourth-order valence-electron chi connectivity index (χ4n) is 1.85. The molecule has 2 nitrogen and oxygen atoms in total. The summed E-state index contributed by atoms with van der Waals surface area (Å²) >= 11 is 0. The molecule has 1 aliphatic heterocycles. The summed E-state index contributed by atoms with van der Waals surface area (Å²) in [5, 5.41) is 3.41. The van der Waals surface area contributed by atoms with E-state index in [1.807, 2.05) is 0 Å². The highest BCUT2D eigenvalue weighted by Gasteiger charge is 2.13. The van der Waals surface area contributed by atoms with Gasteiger partial charge in [0.15, 0.2) is 0 Å². The number of anilines is 2. The van der Waals surface area contributed by atoms with Gasteiger partial charge in [-0.3, -0.25) is 0 Å². The Bertz CT molecular complexity index is 283. The second-order valence-corrected chi connectivity index (χ2v) is 3.43. The van der Waals surface area contributed by atoms with Crippen molar-refractivity contribution >= 4 is 11.4 Å². The Balaban J connectivity index is 2.26. The van der Waals surface area contributed by atoms with Crippen LogP contribution in [0, 0.1) is 0 Å². The van der Waals surface area contributed by atoms with E-state index >= 15 is 0 Å². The van der Waals surface area contributed by atoms with Crippen LogP contribution in [-0.4, -0.2) is 19.6 Å². The minimum absolute atomic E-state index is 1.07. The van der Waals surface area contributed by atoms with Gasteiger partial charge in [0.05, 0.1) is 11.4 Å². The number of nitrogens with one attached hydrogen (secondary N) is 1. The molecule has 0 bridgehead atoms. The first kappa shape index (κ1) is 8.42. The second kappa shape index (κ2) is 3.69. The highest BCUT2D eigenvalue weighted by molar-refractivity contribution is 5.71. The lowest BCUT2D eigenvalue weighted by Gasteiger charge is -2.31. The van der Waals surface area contributed by atoms with Crippen LogP contribution in [-0.2, 0) is 0 Å². The fourth-order valence-corrected chi connectivity index (χ4v) is 1.85. The van der Waals surface area contributed by atoms with E-state index in [0.29, 0.717) is 0 Å². The molecule has 1 heterocycles. The molecule has 0 radical (unpaired) electrons. The van der Waals surface area contributed by atoms with E-state index in [1.54, 1.807) is 0 Å². The Morgan fingerprint density at radius 3 is 3.08 bits per heavy atom. The van der Waals surface area contributed by atoms with Gasteiger partial charge in [-0.15, -0.1) is 0 Å². The molecule has 0 fully saturated rings. The number of nitrogens with zero attached hydrogens (tertiary/aromatic N) is 1. The van der Waals surface area contributed by atoms with Gasteiger partial charge in [-0.25, -0.2) is 0 Å². The molecule has 0 unspecified atom stereocenters. The minimum atomic E-state index is 1.07. The number of para-hydroxylation sites is 2. The molecule has 70 valence electrons. The largest absolute Gasteiger partial charge is 0.382 e. The number of rotatable bonds is 2. The molecule has 0 amide bonds. The lowest BCUT2D eigenvalue weighted by atomic mass is 10.2. The topological polar surface area (TPSA) is 15.3 Å². The number of benzene rings is 1. The van der Waals surface area contributed by atoms with Gasteiger partial charge in [0, 0.05) is 19.6 Å². The van der Waals surface area contributed by atoms with Crippen molar-refractivity contribution in [2.24, 2.45) is 0 Å². The first-order valence-corrected chi connectivity index (χ1v) is 4.99. The van der Waals surface area contributed by atoms with Crippen LogP contribution >= 0.6 is 0 Å². The number of hydrogen-bond acceptors (Lipinski definition) is 2. The maximum absolute atomic E-state index is 3.41. The molecule has 2 rings (SSSR count). The van der Waals surface area contributed by atoms with Gasteiger partial charge in [-0.05, 0) is 18.6 Å². The predicted octanol–water partition coefficient (Wildman–Crippen LogP) is 2.33. The molecule has 0 atom stereocenters. The zero-order chi connectivity index (χ0) is 9.10. The zero-order valence-electron chi connectivity index (χ0n) is 8.09. The fraction of sp³-hybridized carbons (Fsp3) is 0.455. The average molecular weight is 176 g/mol.